The zero-order valence-corrected chi connectivity index (χ0v) is 8.42. The van der Waals surface area contributed by atoms with Crippen LogP contribution in [0.4, 0.5) is 0 Å². The Kier molecular flexibility index (Phi) is 3.05. The summed E-state index contributed by atoms with van der Waals surface area (Å²) in [6.07, 6.45) is 4.41. The molecule has 0 aromatic rings. The first-order valence-electron chi connectivity index (χ1n) is 4.45. The summed E-state index contributed by atoms with van der Waals surface area (Å²) in [6.45, 7) is 2.67. The van der Waals surface area contributed by atoms with Crippen molar-refractivity contribution in [3.8, 4) is 0 Å². The molecule has 0 radical (unpaired) electrons. The molecule has 2 fully saturated rings. The Bertz CT molecular complexity index is 117. The topological polar surface area (TPSA) is 3.24 Å². The average molecular weight is 189 g/mol. The minimum absolute atomic E-state index is 0.967. The van der Waals surface area contributed by atoms with Crippen LogP contribution in [-0.4, -0.2) is 35.5 Å². The van der Waals surface area contributed by atoms with Crippen LogP contribution in [0.25, 0.3) is 0 Å². The summed E-state index contributed by atoms with van der Waals surface area (Å²) in [6, 6.07) is 0.967. The summed E-state index contributed by atoms with van der Waals surface area (Å²) in [4.78, 5) is 2.69. The highest BCUT2D eigenvalue weighted by atomic mass is 33.1. The highest BCUT2D eigenvalue weighted by molar-refractivity contribution is 8.76. The Balaban J connectivity index is 1.80. The van der Waals surface area contributed by atoms with E-state index in [0.717, 1.165) is 6.04 Å². The Morgan fingerprint density at radius 2 is 1.64 bits per heavy atom. The summed E-state index contributed by atoms with van der Waals surface area (Å²) < 4.78 is 0. The highest BCUT2D eigenvalue weighted by Crippen LogP contribution is 2.29. The summed E-state index contributed by atoms with van der Waals surface area (Å²) in [5.41, 5.74) is 0. The van der Waals surface area contributed by atoms with Crippen LogP contribution < -0.4 is 0 Å². The molecular formula is C8H15NS2. The minimum atomic E-state index is 0.967. The van der Waals surface area contributed by atoms with Crippen molar-refractivity contribution in [1.82, 2.24) is 4.90 Å². The van der Waals surface area contributed by atoms with Gasteiger partial charge in [0.1, 0.15) is 0 Å². The SMILES string of the molecule is C1CC(N2CCSSCC2)C1. The molecule has 0 spiro atoms. The average Bonchev–Trinajstić information content (AvgIpc) is 2.12. The molecule has 1 aliphatic carbocycles. The summed E-state index contributed by atoms with van der Waals surface area (Å²) in [5.74, 6) is 2.67. The molecule has 1 saturated heterocycles. The maximum Gasteiger partial charge on any atom is 0.0165 e. The molecule has 0 amide bonds. The standard InChI is InChI=1S/C8H15NS2/c1-2-8(3-1)9-4-6-10-11-7-5-9/h8H,1-7H2. The summed E-state index contributed by atoms with van der Waals surface area (Å²) in [5, 5.41) is 0. The molecule has 0 unspecified atom stereocenters. The molecule has 0 aromatic heterocycles. The predicted molar refractivity (Wildman–Crippen MR) is 54.1 cm³/mol. The van der Waals surface area contributed by atoms with E-state index >= 15 is 0 Å². The van der Waals surface area contributed by atoms with Crippen molar-refractivity contribution in [2.45, 2.75) is 25.3 Å². The maximum absolute atomic E-state index is 2.69. The van der Waals surface area contributed by atoms with Gasteiger partial charge in [-0.25, -0.2) is 0 Å². The second kappa shape index (κ2) is 4.06. The van der Waals surface area contributed by atoms with E-state index in [1.807, 2.05) is 21.6 Å². The van der Waals surface area contributed by atoms with Gasteiger partial charge in [-0.2, -0.15) is 0 Å². The lowest BCUT2D eigenvalue weighted by atomic mass is 9.91. The molecular weight excluding hydrogens is 174 g/mol. The molecule has 64 valence electrons. The first-order chi connectivity index (χ1) is 5.47. The number of rotatable bonds is 1. The van der Waals surface area contributed by atoms with Gasteiger partial charge in [-0.15, -0.1) is 0 Å². The van der Waals surface area contributed by atoms with Gasteiger partial charge in [0.25, 0.3) is 0 Å². The Hall–Kier alpha value is 0.660. The lowest BCUT2D eigenvalue weighted by Crippen LogP contribution is -2.41. The molecule has 0 bridgehead atoms. The Morgan fingerprint density at radius 3 is 2.09 bits per heavy atom. The van der Waals surface area contributed by atoms with Crippen molar-refractivity contribution in [3.05, 3.63) is 0 Å². The number of hydrogen-bond acceptors (Lipinski definition) is 3. The van der Waals surface area contributed by atoms with Crippen molar-refractivity contribution >= 4 is 21.6 Å². The van der Waals surface area contributed by atoms with Crippen molar-refractivity contribution in [2.24, 2.45) is 0 Å². The van der Waals surface area contributed by atoms with E-state index < -0.39 is 0 Å². The fourth-order valence-corrected chi connectivity index (χ4v) is 3.66. The number of hydrogen-bond donors (Lipinski definition) is 0. The van der Waals surface area contributed by atoms with Gasteiger partial charge in [0.2, 0.25) is 0 Å². The van der Waals surface area contributed by atoms with E-state index in [-0.39, 0.29) is 0 Å². The molecule has 2 rings (SSSR count). The number of nitrogens with zero attached hydrogens (tertiary/aromatic N) is 1. The summed E-state index contributed by atoms with van der Waals surface area (Å²) >= 11 is 0. The Labute approximate surface area is 76.7 Å². The zero-order chi connectivity index (χ0) is 7.52. The molecule has 1 heterocycles. The molecule has 11 heavy (non-hydrogen) atoms. The lowest BCUT2D eigenvalue weighted by Gasteiger charge is -2.36. The van der Waals surface area contributed by atoms with Gasteiger partial charge < -0.3 is 0 Å². The van der Waals surface area contributed by atoms with E-state index in [0.29, 0.717) is 0 Å². The van der Waals surface area contributed by atoms with Gasteiger partial charge in [-0.05, 0) is 12.8 Å². The maximum atomic E-state index is 2.69. The van der Waals surface area contributed by atoms with E-state index in [1.54, 1.807) is 0 Å². The molecule has 0 atom stereocenters. The van der Waals surface area contributed by atoms with Crippen molar-refractivity contribution in [2.75, 3.05) is 24.6 Å². The molecule has 2 aliphatic rings. The quantitative estimate of drug-likeness (QED) is 0.582. The highest BCUT2D eigenvalue weighted by Gasteiger charge is 2.24. The summed E-state index contributed by atoms with van der Waals surface area (Å²) in [7, 11) is 4.09. The molecule has 1 aliphatic heterocycles. The molecule has 3 heteroatoms. The third kappa shape index (κ3) is 2.07. The van der Waals surface area contributed by atoms with Crippen LogP contribution in [0.5, 0.6) is 0 Å². The van der Waals surface area contributed by atoms with Gasteiger partial charge in [0, 0.05) is 30.6 Å². The second-order valence-corrected chi connectivity index (χ2v) is 5.97. The van der Waals surface area contributed by atoms with Gasteiger partial charge in [0.15, 0.2) is 0 Å². The van der Waals surface area contributed by atoms with E-state index in [2.05, 4.69) is 4.90 Å². The fourth-order valence-electron chi connectivity index (χ4n) is 1.66. The van der Waals surface area contributed by atoms with E-state index in [9.17, 15) is 0 Å². The monoisotopic (exact) mass is 189 g/mol. The molecule has 0 aromatic carbocycles. The normalized spacial score (nSPS) is 29.5. The van der Waals surface area contributed by atoms with Crippen LogP contribution in [0.3, 0.4) is 0 Å². The van der Waals surface area contributed by atoms with Crippen molar-refractivity contribution < 1.29 is 0 Å². The van der Waals surface area contributed by atoms with Crippen LogP contribution in [0.2, 0.25) is 0 Å². The van der Waals surface area contributed by atoms with Crippen LogP contribution in [0, 0.1) is 0 Å². The third-order valence-electron chi connectivity index (χ3n) is 2.60. The van der Waals surface area contributed by atoms with Gasteiger partial charge >= 0.3 is 0 Å². The second-order valence-electron chi connectivity index (χ2n) is 3.26. The lowest BCUT2D eigenvalue weighted by molar-refractivity contribution is 0.144. The molecule has 1 nitrogen and oxygen atoms in total. The van der Waals surface area contributed by atoms with Crippen LogP contribution in [0.15, 0.2) is 0 Å². The predicted octanol–water partition coefficient (Wildman–Crippen LogP) is 2.24. The van der Waals surface area contributed by atoms with Crippen molar-refractivity contribution in [1.29, 1.82) is 0 Å². The fraction of sp³-hybridized carbons (Fsp3) is 1.00. The van der Waals surface area contributed by atoms with Crippen molar-refractivity contribution in [3.63, 3.8) is 0 Å². The Morgan fingerprint density at radius 1 is 1.00 bits per heavy atom. The first kappa shape index (κ1) is 8.27. The van der Waals surface area contributed by atoms with E-state index in [1.165, 1.54) is 43.9 Å². The largest absolute Gasteiger partial charge is 0.299 e. The smallest absolute Gasteiger partial charge is 0.0165 e. The van der Waals surface area contributed by atoms with Gasteiger partial charge in [0.05, 0.1) is 0 Å². The molecule has 0 N–H and O–H groups in total. The first-order valence-corrected chi connectivity index (χ1v) is 6.94. The van der Waals surface area contributed by atoms with E-state index in [4.69, 9.17) is 0 Å². The zero-order valence-electron chi connectivity index (χ0n) is 6.79. The minimum Gasteiger partial charge on any atom is -0.299 e. The van der Waals surface area contributed by atoms with Crippen LogP contribution in [-0.2, 0) is 0 Å². The van der Waals surface area contributed by atoms with Crippen LogP contribution >= 0.6 is 21.6 Å². The van der Waals surface area contributed by atoms with Gasteiger partial charge in [-0.1, -0.05) is 28.0 Å². The van der Waals surface area contributed by atoms with Crippen LogP contribution in [0.1, 0.15) is 19.3 Å². The van der Waals surface area contributed by atoms with Gasteiger partial charge in [-0.3, -0.25) is 4.90 Å². The molecule has 1 saturated carbocycles. The third-order valence-corrected chi connectivity index (χ3v) is 4.96.